The number of hydrogen-bond donors (Lipinski definition) is 1. The molecular formula is C24H42N2O4S2. The second kappa shape index (κ2) is 15.0. The van der Waals surface area contributed by atoms with Crippen molar-refractivity contribution >= 4 is 27.3 Å². The van der Waals surface area contributed by atoms with Gasteiger partial charge >= 0.3 is 5.97 Å². The summed E-state index contributed by atoms with van der Waals surface area (Å²) in [5, 5.41) is 1.73. The maximum absolute atomic E-state index is 12.6. The average Bonchev–Trinajstić information content (AvgIpc) is 3.44. The molecule has 1 N–H and O–H groups in total. The number of nitrogens with one attached hydrogen (secondary N) is 1. The summed E-state index contributed by atoms with van der Waals surface area (Å²) < 4.78 is 28.3. The van der Waals surface area contributed by atoms with Gasteiger partial charge in [0.2, 0.25) is 10.0 Å². The predicted molar refractivity (Wildman–Crippen MR) is 131 cm³/mol. The summed E-state index contributed by atoms with van der Waals surface area (Å²) in [5.41, 5.74) is 0. The number of carbonyl (C=O) groups is 1. The molecule has 0 aliphatic heterocycles. The van der Waals surface area contributed by atoms with Crippen molar-refractivity contribution in [2.45, 2.75) is 121 Å². The van der Waals surface area contributed by atoms with Crippen LogP contribution in [0.25, 0.3) is 0 Å². The van der Waals surface area contributed by atoms with Gasteiger partial charge in [-0.2, -0.15) is 0 Å². The molecule has 1 aliphatic rings. The fourth-order valence-electron chi connectivity index (χ4n) is 4.22. The molecule has 1 aromatic rings. The molecule has 0 saturated heterocycles. The number of sulfonamides is 1. The lowest BCUT2D eigenvalue weighted by molar-refractivity contribution is -0.202. The first-order chi connectivity index (χ1) is 15.4. The molecule has 0 aromatic carbocycles. The largest absolute Gasteiger partial charge is 0.368 e. The molecule has 1 aliphatic carbocycles. The molecule has 184 valence electrons. The summed E-state index contributed by atoms with van der Waals surface area (Å²) in [6, 6.07) is 3.70. The lowest BCUT2D eigenvalue weighted by Crippen LogP contribution is -2.34. The number of thiophene rings is 1. The van der Waals surface area contributed by atoms with Crippen LogP contribution in [-0.2, 0) is 26.2 Å². The van der Waals surface area contributed by atoms with Crippen LogP contribution in [0.2, 0.25) is 0 Å². The Morgan fingerprint density at radius 3 is 2.22 bits per heavy atom. The van der Waals surface area contributed by atoms with Crippen LogP contribution < -0.4 is 4.72 Å². The minimum atomic E-state index is -3.49. The van der Waals surface area contributed by atoms with Gasteiger partial charge < -0.3 is 4.84 Å². The van der Waals surface area contributed by atoms with Gasteiger partial charge in [-0.05, 0) is 31.4 Å². The Kier molecular flexibility index (Phi) is 12.8. The second-order valence-corrected chi connectivity index (χ2v) is 12.1. The van der Waals surface area contributed by atoms with Gasteiger partial charge in [0.25, 0.3) is 0 Å². The molecule has 1 aromatic heterocycles. The lowest BCUT2D eigenvalue weighted by Gasteiger charge is -2.25. The Morgan fingerprint density at radius 1 is 1.03 bits per heavy atom. The highest BCUT2D eigenvalue weighted by Crippen LogP contribution is 2.28. The number of unbranched alkanes of at least 4 members (excludes halogenated alkanes) is 9. The molecule has 0 spiro atoms. The third-order valence-corrected chi connectivity index (χ3v) is 9.04. The summed E-state index contributed by atoms with van der Waals surface area (Å²) >= 11 is 1.25. The summed E-state index contributed by atoms with van der Waals surface area (Å²) in [5.74, 6) is -0.334. The number of hydroxylamine groups is 2. The Bertz CT molecular complexity index is 758. The molecule has 6 nitrogen and oxygen atoms in total. The van der Waals surface area contributed by atoms with Crippen LogP contribution in [0.15, 0.2) is 16.3 Å². The quantitative estimate of drug-likeness (QED) is 0.210. The Morgan fingerprint density at radius 2 is 1.62 bits per heavy atom. The Hall–Kier alpha value is -0.960. The first-order valence-electron chi connectivity index (χ1n) is 12.5. The SMILES string of the molecule is CCCCCCCCCCCCNS(=O)(=O)c1ccc(CN(OC(C)=O)C2CCCC2)s1. The molecule has 0 unspecified atom stereocenters. The standard InChI is InChI=1S/C24H42N2O4S2/c1-3-4-5-6-7-8-9-10-11-14-19-25-32(28,29)24-18-17-23(31-24)20-26(30-21(2)27)22-15-12-13-16-22/h17-18,22,25H,3-16,19-20H2,1-2H3. The number of rotatable bonds is 17. The smallest absolute Gasteiger partial charge is 0.322 e. The number of hydrogen-bond acceptors (Lipinski definition) is 6. The van der Waals surface area contributed by atoms with Crippen molar-refractivity contribution in [3.8, 4) is 0 Å². The van der Waals surface area contributed by atoms with E-state index in [2.05, 4.69) is 11.6 Å². The normalized spacial score (nSPS) is 15.0. The molecule has 0 amide bonds. The van der Waals surface area contributed by atoms with Gasteiger partial charge in [-0.3, -0.25) is 4.79 Å². The van der Waals surface area contributed by atoms with Crippen molar-refractivity contribution < 1.29 is 18.0 Å². The average molecular weight is 487 g/mol. The Labute approximate surface area is 199 Å². The van der Waals surface area contributed by atoms with Gasteiger partial charge in [-0.25, -0.2) is 13.1 Å². The zero-order valence-electron chi connectivity index (χ0n) is 19.9. The maximum Gasteiger partial charge on any atom is 0.322 e. The first-order valence-corrected chi connectivity index (χ1v) is 14.8. The molecule has 8 heteroatoms. The van der Waals surface area contributed by atoms with E-state index in [1.807, 2.05) is 6.07 Å². The minimum absolute atomic E-state index is 0.218. The zero-order chi connectivity index (χ0) is 23.2. The van der Waals surface area contributed by atoms with Crippen molar-refractivity contribution in [3.05, 3.63) is 17.0 Å². The first kappa shape index (κ1) is 27.3. The van der Waals surface area contributed by atoms with E-state index in [0.717, 1.165) is 43.4 Å². The summed E-state index contributed by atoms with van der Waals surface area (Å²) in [4.78, 5) is 17.8. The summed E-state index contributed by atoms with van der Waals surface area (Å²) in [6.45, 7) is 4.56. The van der Waals surface area contributed by atoms with Crippen LogP contribution in [0.4, 0.5) is 0 Å². The summed E-state index contributed by atoms with van der Waals surface area (Å²) in [6.07, 6.45) is 16.6. The monoisotopic (exact) mass is 486 g/mol. The van der Waals surface area contributed by atoms with E-state index in [-0.39, 0.29) is 12.0 Å². The van der Waals surface area contributed by atoms with E-state index in [9.17, 15) is 13.2 Å². The van der Waals surface area contributed by atoms with Crippen molar-refractivity contribution in [2.75, 3.05) is 6.54 Å². The molecule has 1 heterocycles. The minimum Gasteiger partial charge on any atom is -0.368 e. The molecule has 1 saturated carbocycles. The van der Waals surface area contributed by atoms with Crippen LogP contribution in [0.5, 0.6) is 0 Å². The fourth-order valence-corrected chi connectivity index (χ4v) is 6.69. The van der Waals surface area contributed by atoms with Crippen LogP contribution >= 0.6 is 11.3 Å². The molecular weight excluding hydrogens is 444 g/mol. The van der Waals surface area contributed by atoms with Gasteiger partial charge in [-0.1, -0.05) is 77.6 Å². The third kappa shape index (κ3) is 10.3. The van der Waals surface area contributed by atoms with Crippen molar-refractivity contribution in [1.82, 2.24) is 9.79 Å². The van der Waals surface area contributed by atoms with Crippen molar-refractivity contribution in [1.29, 1.82) is 0 Å². The van der Waals surface area contributed by atoms with E-state index < -0.39 is 10.0 Å². The zero-order valence-corrected chi connectivity index (χ0v) is 21.6. The second-order valence-electron chi connectivity index (χ2n) is 8.90. The number of nitrogens with zero attached hydrogens (tertiary/aromatic N) is 1. The molecule has 2 rings (SSSR count). The third-order valence-electron chi connectivity index (χ3n) is 6.01. The van der Waals surface area contributed by atoms with Crippen LogP contribution in [0, 0.1) is 0 Å². The molecule has 0 atom stereocenters. The number of carbonyl (C=O) groups excluding carboxylic acids is 1. The van der Waals surface area contributed by atoms with E-state index in [1.54, 1.807) is 11.1 Å². The predicted octanol–water partition coefficient (Wildman–Crippen LogP) is 6.17. The fraction of sp³-hybridized carbons (Fsp3) is 0.792. The highest BCUT2D eigenvalue weighted by atomic mass is 32.2. The molecule has 1 fully saturated rings. The highest BCUT2D eigenvalue weighted by Gasteiger charge is 2.26. The Balaban J connectivity index is 1.69. The highest BCUT2D eigenvalue weighted by molar-refractivity contribution is 7.91. The lowest BCUT2D eigenvalue weighted by atomic mass is 10.1. The maximum atomic E-state index is 12.6. The van der Waals surface area contributed by atoms with E-state index in [1.165, 1.54) is 69.6 Å². The summed E-state index contributed by atoms with van der Waals surface area (Å²) in [7, 11) is -3.49. The van der Waals surface area contributed by atoms with Crippen LogP contribution in [0.1, 0.15) is 109 Å². The van der Waals surface area contributed by atoms with Gasteiger partial charge in [-0.15, -0.1) is 16.4 Å². The van der Waals surface area contributed by atoms with Crippen LogP contribution in [-0.4, -0.2) is 32.0 Å². The van der Waals surface area contributed by atoms with Gasteiger partial charge in [0.1, 0.15) is 4.21 Å². The molecule has 0 bridgehead atoms. The van der Waals surface area contributed by atoms with E-state index in [0.29, 0.717) is 17.3 Å². The van der Waals surface area contributed by atoms with Crippen molar-refractivity contribution in [2.24, 2.45) is 0 Å². The molecule has 0 radical (unpaired) electrons. The van der Waals surface area contributed by atoms with Gasteiger partial charge in [0.05, 0.1) is 6.54 Å². The van der Waals surface area contributed by atoms with Gasteiger partial charge in [0, 0.05) is 24.4 Å². The molecule has 32 heavy (non-hydrogen) atoms. The van der Waals surface area contributed by atoms with E-state index >= 15 is 0 Å². The van der Waals surface area contributed by atoms with Gasteiger partial charge in [0.15, 0.2) is 0 Å². The van der Waals surface area contributed by atoms with Crippen molar-refractivity contribution in [3.63, 3.8) is 0 Å². The topological polar surface area (TPSA) is 75.7 Å². The van der Waals surface area contributed by atoms with E-state index in [4.69, 9.17) is 4.84 Å². The van der Waals surface area contributed by atoms with Crippen LogP contribution in [0.3, 0.4) is 0 Å².